The van der Waals surface area contributed by atoms with Crippen LogP contribution in [0.1, 0.15) is 15.9 Å². The molecule has 1 aliphatic heterocycles. The highest BCUT2D eigenvalue weighted by molar-refractivity contribution is 7.13. The second kappa shape index (κ2) is 9.87. The van der Waals surface area contributed by atoms with E-state index >= 15 is 0 Å². The van der Waals surface area contributed by atoms with Gasteiger partial charge in [0.1, 0.15) is 17.5 Å². The minimum Gasteiger partial charge on any atom is -0.353 e. The van der Waals surface area contributed by atoms with E-state index in [4.69, 9.17) is 0 Å². The molecule has 1 saturated heterocycles. The number of anilines is 2. The lowest BCUT2D eigenvalue weighted by atomic mass is 10.1. The molecule has 0 aliphatic carbocycles. The Morgan fingerprint density at radius 1 is 0.941 bits per heavy atom. The molecule has 0 bridgehead atoms. The molecule has 1 fully saturated rings. The molecule has 0 spiro atoms. The lowest BCUT2D eigenvalue weighted by Gasteiger charge is -2.35. The van der Waals surface area contributed by atoms with Gasteiger partial charge in [0.2, 0.25) is 0 Å². The highest BCUT2D eigenvalue weighted by Gasteiger charge is 2.21. The number of aromatic nitrogens is 1. The fourth-order valence-corrected chi connectivity index (χ4v) is 5.10. The Morgan fingerprint density at radius 3 is 2.44 bits per heavy atom. The number of hydrogen-bond donors (Lipinski definition) is 1. The van der Waals surface area contributed by atoms with Gasteiger partial charge in [0.15, 0.2) is 0 Å². The summed E-state index contributed by atoms with van der Waals surface area (Å²) in [6.45, 7) is 4.55. The fourth-order valence-electron chi connectivity index (χ4n) is 4.30. The maximum absolute atomic E-state index is 13.5. The van der Waals surface area contributed by atoms with Crippen LogP contribution in [0.25, 0.3) is 10.1 Å². The zero-order valence-corrected chi connectivity index (χ0v) is 19.3. The number of nitrogens with one attached hydrogen (secondary N) is 1. The third-order valence-electron chi connectivity index (χ3n) is 6.12. The van der Waals surface area contributed by atoms with Crippen LogP contribution in [0, 0.1) is 11.6 Å². The van der Waals surface area contributed by atoms with Crippen molar-refractivity contribution in [1.29, 1.82) is 0 Å². The van der Waals surface area contributed by atoms with E-state index in [1.54, 1.807) is 11.5 Å². The van der Waals surface area contributed by atoms with Crippen molar-refractivity contribution in [3.8, 4) is 0 Å². The van der Waals surface area contributed by atoms with Crippen molar-refractivity contribution >= 4 is 39.0 Å². The molecule has 5 nitrogen and oxygen atoms in total. The van der Waals surface area contributed by atoms with E-state index in [0.717, 1.165) is 68.7 Å². The number of amides is 1. The van der Waals surface area contributed by atoms with Crippen molar-refractivity contribution in [2.24, 2.45) is 0 Å². The maximum atomic E-state index is 13.5. The van der Waals surface area contributed by atoms with Crippen molar-refractivity contribution in [3.63, 3.8) is 0 Å². The number of nitrogens with zero attached hydrogens (tertiary/aromatic N) is 3. The van der Waals surface area contributed by atoms with Gasteiger partial charge in [-0.25, -0.2) is 8.78 Å². The van der Waals surface area contributed by atoms with Gasteiger partial charge in [-0.05, 0) is 53.8 Å². The van der Waals surface area contributed by atoms with Gasteiger partial charge in [-0.1, -0.05) is 30.3 Å². The van der Waals surface area contributed by atoms with E-state index in [0.29, 0.717) is 5.69 Å². The molecule has 8 heteroatoms. The van der Waals surface area contributed by atoms with Crippen molar-refractivity contribution in [1.82, 2.24) is 9.27 Å². The number of fused-ring (bicyclic) bond motifs is 1. The first-order chi connectivity index (χ1) is 16.6. The van der Waals surface area contributed by atoms with E-state index in [-0.39, 0.29) is 5.56 Å². The van der Waals surface area contributed by atoms with E-state index < -0.39 is 17.5 Å². The molecular weight excluding hydrogens is 454 g/mol. The number of para-hydroxylation sites is 1. The molecular formula is C26H24F2N4OS. The van der Waals surface area contributed by atoms with Crippen LogP contribution in [0.2, 0.25) is 0 Å². The van der Waals surface area contributed by atoms with Gasteiger partial charge in [0.05, 0.1) is 4.70 Å². The third-order valence-corrected chi connectivity index (χ3v) is 6.93. The monoisotopic (exact) mass is 478 g/mol. The molecule has 0 radical (unpaired) electrons. The summed E-state index contributed by atoms with van der Waals surface area (Å²) in [6.07, 6.45) is 0.758. The Bertz CT molecular complexity index is 1300. The Labute approximate surface area is 200 Å². The zero-order chi connectivity index (χ0) is 23.5. The first-order valence-electron chi connectivity index (χ1n) is 11.2. The molecule has 34 heavy (non-hydrogen) atoms. The normalized spacial score (nSPS) is 14.5. The number of piperazine rings is 1. The molecule has 1 aliphatic rings. The number of carbonyl (C=O) groups excluding carboxylic acids is 1. The maximum Gasteiger partial charge on any atom is 0.255 e. The molecule has 0 saturated carbocycles. The summed E-state index contributed by atoms with van der Waals surface area (Å²) in [5, 5.41) is 4.02. The Morgan fingerprint density at radius 2 is 1.65 bits per heavy atom. The zero-order valence-electron chi connectivity index (χ0n) is 18.5. The van der Waals surface area contributed by atoms with Crippen LogP contribution >= 0.6 is 11.5 Å². The lowest BCUT2D eigenvalue weighted by molar-refractivity contribution is 0.102. The molecule has 5 rings (SSSR count). The fraction of sp³-hybridized carbons (Fsp3) is 0.231. The molecule has 0 unspecified atom stereocenters. The van der Waals surface area contributed by atoms with Crippen LogP contribution < -0.4 is 10.2 Å². The molecule has 1 amide bonds. The van der Waals surface area contributed by atoms with Crippen molar-refractivity contribution < 1.29 is 13.6 Å². The molecule has 3 aromatic carbocycles. The van der Waals surface area contributed by atoms with E-state index in [1.807, 2.05) is 30.3 Å². The highest BCUT2D eigenvalue weighted by Crippen LogP contribution is 2.30. The van der Waals surface area contributed by atoms with Crippen LogP contribution in [0.5, 0.6) is 0 Å². The third kappa shape index (κ3) is 4.93. The summed E-state index contributed by atoms with van der Waals surface area (Å²) in [7, 11) is 0. The number of hydrogen-bond acceptors (Lipinski definition) is 5. The average molecular weight is 479 g/mol. The van der Waals surface area contributed by atoms with Gasteiger partial charge < -0.3 is 10.2 Å². The van der Waals surface area contributed by atoms with Crippen LogP contribution in [0.15, 0.2) is 66.7 Å². The van der Waals surface area contributed by atoms with Crippen LogP contribution in [0.3, 0.4) is 0 Å². The van der Waals surface area contributed by atoms with Gasteiger partial charge in [0, 0.05) is 55.4 Å². The standard InChI is InChI=1S/C26H24F2N4OS/c27-20-15-19(16-21(28)17-20)26(33)29-23-7-3-1-5-18(23)9-10-31-11-13-32(14-12-31)25-22-6-2-4-8-24(22)34-30-25/h1-8,15-17H,9-14H2,(H,29,33). The second-order valence-electron chi connectivity index (χ2n) is 8.35. The highest BCUT2D eigenvalue weighted by atomic mass is 32.1. The van der Waals surface area contributed by atoms with E-state index in [9.17, 15) is 13.6 Å². The summed E-state index contributed by atoms with van der Waals surface area (Å²) in [5.41, 5.74) is 1.60. The quantitative estimate of drug-likeness (QED) is 0.414. The van der Waals surface area contributed by atoms with Gasteiger partial charge in [-0.15, -0.1) is 0 Å². The summed E-state index contributed by atoms with van der Waals surface area (Å²) < 4.78 is 32.9. The largest absolute Gasteiger partial charge is 0.353 e. The molecule has 0 atom stereocenters. The Hall–Kier alpha value is -3.36. The van der Waals surface area contributed by atoms with Crippen LogP contribution in [-0.4, -0.2) is 47.9 Å². The number of carbonyl (C=O) groups is 1. The Kier molecular flexibility index (Phi) is 6.51. The molecule has 4 aromatic rings. The number of halogens is 2. The summed E-state index contributed by atoms with van der Waals surface area (Å²) in [5.74, 6) is -1.01. The SMILES string of the molecule is O=C(Nc1ccccc1CCN1CCN(c2nsc3ccccc23)CC1)c1cc(F)cc(F)c1. The Balaban J connectivity index is 1.19. The summed E-state index contributed by atoms with van der Waals surface area (Å²) in [4.78, 5) is 17.3. The molecule has 174 valence electrons. The second-order valence-corrected chi connectivity index (χ2v) is 9.16. The number of benzene rings is 3. The smallest absolute Gasteiger partial charge is 0.255 e. The van der Waals surface area contributed by atoms with Crippen LogP contribution in [0.4, 0.5) is 20.3 Å². The topological polar surface area (TPSA) is 48.5 Å². The molecule has 1 N–H and O–H groups in total. The average Bonchev–Trinajstić information content (AvgIpc) is 3.27. The van der Waals surface area contributed by atoms with Gasteiger partial charge in [-0.3, -0.25) is 9.69 Å². The minimum absolute atomic E-state index is 0.0435. The lowest BCUT2D eigenvalue weighted by Crippen LogP contribution is -2.47. The minimum atomic E-state index is -0.775. The van der Waals surface area contributed by atoms with Gasteiger partial charge in [0.25, 0.3) is 5.91 Å². The van der Waals surface area contributed by atoms with Crippen molar-refractivity contribution in [2.45, 2.75) is 6.42 Å². The molecule has 1 aromatic heterocycles. The van der Waals surface area contributed by atoms with E-state index in [2.05, 4.69) is 37.7 Å². The number of rotatable bonds is 6. The first-order valence-corrected chi connectivity index (χ1v) is 12.0. The summed E-state index contributed by atoms with van der Waals surface area (Å²) in [6, 6.07) is 18.7. The van der Waals surface area contributed by atoms with Crippen molar-refractivity contribution in [3.05, 3.63) is 89.5 Å². The van der Waals surface area contributed by atoms with Crippen molar-refractivity contribution in [2.75, 3.05) is 42.9 Å². The predicted octanol–water partition coefficient (Wildman–Crippen LogP) is 5.19. The van der Waals surface area contributed by atoms with Gasteiger partial charge >= 0.3 is 0 Å². The predicted molar refractivity (Wildman–Crippen MR) is 133 cm³/mol. The molecule has 2 heterocycles. The summed E-state index contributed by atoms with van der Waals surface area (Å²) >= 11 is 1.54. The van der Waals surface area contributed by atoms with Crippen LogP contribution in [-0.2, 0) is 6.42 Å². The first kappa shape index (κ1) is 22.4. The van der Waals surface area contributed by atoms with E-state index in [1.165, 1.54) is 10.1 Å². The van der Waals surface area contributed by atoms with Gasteiger partial charge in [-0.2, -0.15) is 4.37 Å².